The highest BCUT2D eigenvalue weighted by molar-refractivity contribution is 5.15. The van der Waals surface area contributed by atoms with Crippen molar-refractivity contribution in [1.82, 2.24) is 0 Å². The Morgan fingerprint density at radius 3 is 1.39 bits per heavy atom. The smallest absolute Gasteiger partial charge is 0.186 e. The van der Waals surface area contributed by atoms with E-state index in [1.165, 1.54) is 0 Å². The Bertz CT molecular complexity index is 934. The van der Waals surface area contributed by atoms with Crippen molar-refractivity contribution in [2.45, 2.75) is 57.5 Å². The lowest BCUT2D eigenvalue weighted by molar-refractivity contribution is -0.314. The molecule has 4 rings (SSSR count). The Kier molecular flexibility index (Phi) is 8.64. The van der Waals surface area contributed by atoms with Crippen molar-refractivity contribution in [2.75, 3.05) is 7.11 Å². The van der Waals surface area contributed by atoms with E-state index in [0.717, 1.165) is 16.7 Å². The van der Waals surface area contributed by atoms with Crippen LogP contribution in [0, 0.1) is 0 Å². The third kappa shape index (κ3) is 6.50. The van der Waals surface area contributed by atoms with Crippen LogP contribution in [0.15, 0.2) is 91.0 Å². The number of methoxy groups -OCH3 is 1. The molecule has 0 spiro atoms. The van der Waals surface area contributed by atoms with E-state index in [9.17, 15) is 0 Å². The van der Waals surface area contributed by atoms with Gasteiger partial charge in [-0.1, -0.05) is 91.0 Å². The number of hydrogen-bond donors (Lipinski definition) is 0. The molecule has 0 bridgehead atoms. The van der Waals surface area contributed by atoms with Gasteiger partial charge in [-0.25, -0.2) is 0 Å². The van der Waals surface area contributed by atoms with Gasteiger partial charge in [0.15, 0.2) is 6.29 Å². The Labute approximate surface area is 196 Å². The molecule has 3 aromatic carbocycles. The molecule has 174 valence electrons. The molecule has 0 saturated carbocycles. The fraction of sp³-hybridized carbons (Fsp3) is 0.357. The van der Waals surface area contributed by atoms with Crippen molar-refractivity contribution in [1.29, 1.82) is 0 Å². The van der Waals surface area contributed by atoms with Crippen molar-refractivity contribution in [3.05, 3.63) is 108 Å². The summed E-state index contributed by atoms with van der Waals surface area (Å²) in [4.78, 5) is 0. The van der Waals surface area contributed by atoms with Crippen molar-refractivity contribution in [3.8, 4) is 0 Å². The Hall–Kier alpha value is -2.54. The third-order valence-corrected chi connectivity index (χ3v) is 5.82. The molecule has 5 nitrogen and oxygen atoms in total. The van der Waals surface area contributed by atoms with E-state index in [0.29, 0.717) is 19.8 Å². The first-order valence-corrected chi connectivity index (χ1v) is 11.4. The summed E-state index contributed by atoms with van der Waals surface area (Å²) in [5.41, 5.74) is 3.27. The summed E-state index contributed by atoms with van der Waals surface area (Å²) in [5, 5.41) is 0. The molecule has 0 unspecified atom stereocenters. The first kappa shape index (κ1) is 23.6. The molecule has 3 aromatic rings. The zero-order valence-electron chi connectivity index (χ0n) is 19.2. The highest BCUT2D eigenvalue weighted by Crippen LogP contribution is 2.30. The molecule has 5 heteroatoms. The van der Waals surface area contributed by atoms with Crippen molar-refractivity contribution < 1.29 is 23.7 Å². The molecule has 0 aliphatic carbocycles. The van der Waals surface area contributed by atoms with E-state index in [1.54, 1.807) is 7.11 Å². The van der Waals surface area contributed by atoms with E-state index >= 15 is 0 Å². The standard InChI is InChI=1S/C28H32O5/c1-21-25(30-18-22-12-6-3-7-13-22)26(31-19-23-14-8-4-9-15-23)27(28(29-2)33-21)32-20-24-16-10-5-11-17-24/h3-17,21,25-28H,18-20H2,1-2H3/t21-,25+,26+,27-,28+/m0/s1. The van der Waals surface area contributed by atoms with E-state index in [-0.39, 0.29) is 18.3 Å². The summed E-state index contributed by atoms with van der Waals surface area (Å²) in [6, 6.07) is 30.3. The topological polar surface area (TPSA) is 46.2 Å². The monoisotopic (exact) mass is 448 g/mol. The molecule has 0 amide bonds. The number of rotatable bonds is 10. The minimum Gasteiger partial charge on any atom is -0.368 e. The highest BCUT2D eigenvalue weighted by atomic mass is 16.7. The van der Waals surface area contributed by atoms with Crippen LogP contribution in [0.3, 0.4) is 0 Å². The quantitative estimate of drug-likeness (QED) is 0.430. The van der Waals surface area contributed by atoms with Crippen molar-refractivity contribution >= 4 is 0 Å². The van der Waals surface area contributed by atoms with E-state index < -0.39 is 12.4 Å². The summed E-state index contributed by atoms with van der Waals surface area (Å²) in [6.45, 7) is 3.34. The predicted octanol–water partition coefficient (Wildman–Crippen LogP) is 5.13. The largest absolute Gasteiger partial charge is 0.368 e. The number of benzene rings is 3. The molecular formula is C28H32O5. The van der Waals surface area contributed by atoms with Crippen LogP contribution in [-0.2, 0) is 43.5 Å². The lowest BCUT2D eigenvalue weighted by atomic mass is 9.98. The van der Waals surface area contributed by atoms with Gasteiger partial charge in [-0.2, -0.15) is 0 Å². The van der Waals surface area contributed by atoms with Crippen molar-refractivity contribution in [2.24, 2.45) is 0 Å². The van der Waals surface area contributed by atoms with Crippen LogP contribution < -0.4 is 0 Å². The zero-order valence-corrected chi connectivity index (χ0v) is 19.2. The lowest BCUT2D eigenvalue weighted by Gasteiger charge is -2.44. The zero-order chi connectivity index (χ0) is 22.9. The summed E-state index contributed by atoms with van der Waals surface area (Å²) >= 11 is 0. The molecule has 0 radical (unpaired) electrons. The molecule has 1 aliphatic heterocycles. The van der Waals surface area contributed by atoms with E-state index in [2.05, 4.69) is 24.3 Å². The minimum atomic E-state index is -0.555. The number of ether oxygens (including phenoxy) is 5. The average molecular weight is 449 g/mol. The predicted molar refractivity (Wildman–Crippen MR) is 126 cm³/mol. The van der Waals surface area contributed by atoms with Gasteiger partial charge in [0.2, 0.25) is 0 Å². The van der Waals surface area contributed by atoms with Gasteiger partial charge in [0.1, 0.15) is 18.3 Å². The number of hydrogen-bond acceptors (Lipinski definition) is 5. The average Bonchev–Trinajstić information content (AvgIpc) is 2.87. The second-order valence-corrected chi connectivity index (χ2v) is 8.23. The van der Waals surface area contributed by atoms with Crippen LogP contribution in [0.1, 0.15) is 23.6 Å². The van der Waals surface area contributed by atoms with Crippen LogP contribution in [0.5, 0.6) is 0 Å². The molecule has 0 N–H and O–H groups in total. The summed E-state index contributed by atoms with van der Waals surface area (Å²) < 4.78 is 31.0. The first-order valence-electron chi connectivity index (χ1n) is 11.4. The second-order valence-electron chi connectivity index (χ2n) is 8.23. The molecule has 5 atom stereocenters. The van der Waals surface area contributed by atoms with E-state index in [1.807, 2.05) is 73.7 Å². The van der Waals surface area contributed by atoms with Crippen LogP contribution in [0.2, 0.25) is 0 Å². The van der Waals surface area contributed by atoms with Crippen LogP contribution in [0.4, 0.5) is 0 Å². The van der Waals surface area contributed by atoms with Gasteiger partial charge in [0.25, 0.3) is 0 Å². The van der Waals surface area contributed by atoms with Gasteiger partial charge < -0.3 is 23.7 Å². The van der Waals surface area contributed by atoms with Crippen molar-refractivity contribution in [3.63, 3.8) is 0 Å². The summed E-state index contributed by atoms with van der Waals surface area (Å²) in [6.07, 6.45) is -1.92. The van der Waals surface area contributed by atoms with Gasteiger partial charge in [-0.15, -0.1) is 0 Å². The van der Waals surface area contributed by atoms with Crippen LogP contribution in [0.25, 0.3) is 0 Å². The summed E-state index contributed by atoms with van der Waals surface area (Å²) in [7, 11) is 1.63. The maximum Gasteiger partial charge on any atom is 0.186 e. The molecule has 1 saturated heterocycles. The maximum absolute atomic E-state index is 6.46. The molecule has 0 aromatic heterocycles. The normalized spacial score (nSPS) is 25.1. The Balaban J connectivity index is 1.53. The minimum absolute atomic E-state index is 0.226. The lowest BCUT2D eigenvalue weighted by Crippen LogP contribution is -2.59. The fourth-order valence-electron chi connectivity index (χ4n) is 4.06. The van der Waals surface area contributed by atoms with Gasteiger partial charge in [-0.05, 0) is 23.6 Å². The molecule has 1 aliphatic rings. The fourth-order valence-corrected chi connectivity index (χ4v) is 4.06. The second kappa shape index (κ2) is 12.1. The highest BCUT2D eigenvalue weighted by Gasteiger charge is 2.47. The molecule has 1 fully saturated rings. The van der Waals surface area contributed by atoms with Gasteiger partial charge in [0.05, 0.1) is 25.9 Å². The van der Waals surface area contributed by atoms with Gasteiger partial charge in [-0.3, -0.25) is 0 Å². The first-order chi connectivity index (χ1) is 16.2. The van der Waals surface area contributed by atoms with Crippen LogP contribution >= 0.6 is 0 Å². The van der Waals surface area contributed by atoms with Crippen LogP contribution in [-0.4, -0.2) is 37.8 Å². The molecular weight excluding hydrogens is 416 g/mol. The maximum atomic E-state index is 6.46. The Morgan fingerprint density at radius 1 is 0.576 bits per heavy atom. The third-order valence-electron chi connectivity index (χ3n) is 5.82. The summed E-state index contributed by atoms with van der Waals surface area (Å²) in [5.74, 6) is 0. The van der Waals surface area contributed by atoms with E-state index in [4.69, 9.17) is 23.7 Å². The van der Waals surface area contributed by atoms with Gasteiger partial charge in [0, 0.05) is 7.11 Å². The SMILES string of the molecule is CO[C@@H]1O[C@@H](C)[C@@H](OCc2ccccc2)[C@@H](OCc2ccccc2)[C@@H]1OCc1ccccc1. The molecule has 33 heavy (non-hydrogen) atoms. The van der Waals surface area contributed by atoms with Gasteiger partial charge >= 0.3 is 0 Å². The Morgan fingerprint density at radius 2 is 0.970 bits per heavy atom. The molecule has 1 heterocycles.